The van der Waals surface area contributed by atoms with Gasteiger partial charge in [0.1, 0.15) is 11.8 Å². The van der Waals surface area contributed by atoms with Crippen molar-refractivity contribution in [1.82, 2.24) is 10.9 Å². The van der Waals surface area contributed by atoms with Crippen LogP contribution in [0, 0.1) is 5.92 Å². The quantitative estimate of drug-likeness (QED) is 0.790. The van der Waals surface area contributed by atoms with Crippen LogP contribution < -0.4 is 21.3 Å². The highest BCUT2D eigenvalue weighted by molar-refractivity contribution is 5.30. The van der Waals surface area contributed by atoms with E-state index in [4.69, 9.17) is 10.5 Å². The fourth-order valence-corrected chi connectivity index (χ4v) is 2.58. The summed E-state index contributed by atoms with van der Waals surface area (Å²) in [5.41, 5.74) is 11.3. The molecule has 0 aliphatic carbocycles. The van der Waals surface area contributed by atoms with Crippen LogP contribution in [0.15, 0.2) is 24.3 Å². The minimum atomic E-state index is -4.30. The molecule has 0 bridgehead atoms. The maximum absolute atomic E-state index is 13.0. The topological polar surface area (TPSA) is 59.3 Å². The highest BCUT2D eigenvalue weighted by Crippen LogP contribution is 2.38. The molecule has 0 saturated carbocycles. The monoisotopic (exact) mass is 289 g/mol. The van der Waals surface area contributed by atoms with Crippen molar-refractivity contribution < 1.29 is 17.9 Å². The van der Waals surface area contributed by atoms with E-state index in [2.05, 4.69) is 10.9 Å². The van der Waals surface area contributed by atoms with Crippen LogP contribution in [0.4, 0.5) is 13.2 Å². The van der Waals surface area contributed by atoms with Crippen LogP contribution in [-0.4, -0.2) is 25.9 Å². The van der Waals surface area contributed by atoms with Crippen LogP contribution >= 0.6 is 0 Å². The summed E-state index contributed by atoms with van der Waals surface area (Å²) in [5.74, 6) is 0.0378. The molecule has 1 aliphatic rings. The number of hydrogen-bond acceptors (Lipinski definition) is 4. The Morgan fingerprint density at radius 3 is 2.35 bits per heavy atom. The number of methoxy groups -OCH3 is 1. The van der Waals surface area contributed by atoms with Gasteiger partial charge < -0.3 is 10.5 Å². The van der Waals surface area contributed by atoms with Gasteiger partial charge in [-0.15, -0.1) is 0 Å². The van der Waals surface area contributed by atoms with E-state index in [0.29, 0.717) is 12.2 Å². The molecule has 0 radical (unpaired) electrons. The zero-order valence-corrected chi connectivity index (χ0v) is 11.1. The normalized spacial score (nSPS) is 26.8. The highest BCUT2D eigenvalue weighted by Gasteiger charge is 2.50. The average Bonchev–Trinajstić information content (AvgIpc) is 2.83. The first-order valence-corrected chi connectivity index (χ1v) is 6.39. The lowest BCUT2D eigenvalue weighted by Gasteiger charge is -2.24. The number of nitrogens with one attached hydrogen (secondary N) is 2. The van der Waals surface area contributed by atoms with E-state index >= 15 is 0 Å². The smallest absolute Gasteiger partial charge is 0.405 e. The molecule has 1 aromatic rings. The summed E-state index contributed by atoms with van der Waals surface area (Å²) < 4.78 is 44.0. The zero-order valence-electron chi connectivity index (χ0n) is 11.1. The van der Waals surface area contributed by atoms with Gasteiger partial charge in [-0.2, -0.15) is 13.2 Å². The van der Waals surface area contributed by atoms with Crippen molar-refractivity contribution >= 4 is 0 Å². The number of hydrazine groups is 1. The summed E-state index contributed by atoms with van der Waals surface area (Å²) in [6.45, 7) is 0.216. The van der Waals surface area contributed by atoms with Crippen LogP contribution in [-0.2, 0) is 0 Å². The molecular weight excluding hydrogens is 271 g/mol. The van der Waals surface area contributed by atoms with Gasteiger partial charge in [0.2, 0.25) is 0 Å². The molecule has 1 saturated heterocycles. The van der Waals surface area contributed by atoms with Crippen molar-refractivity contribution in [3.63, 3.8) is 0 Å². The third-order valence-electron chi connectivity index (χ3n) is 3.58. The molecule has 4 nitrogen and oxygen atoms in total. The molecule has 4 N–H and O–H groups in total. The maximum atomic E-state index is 13.0. The van der Waals surface area contributed by atoms with Gasteiger partial charge in [0.05, 0.1) is 13.2 Å². The second-order valence-corrected chi connectivity index (χ2v) is 4.80. The largest absolute Gasteiger partial charge is 0.497 e. The molecule has 0 aromatic heterocycles. The van der Waals surface area contributed by atoms with Gasteiger partial charge in [-0.25, -0.2) is 10.9 Å². The van der Waals surface area contributed by atoms with Gasteiger partial charge in [-0.05, 0) is 30.7 Å². The number of nitrogens with two attached hydrogens (primary N) is 1. The van der Waals surface area contributed by atoms with Gasteiger partial charge in [0.15, 0.2) is 0 Å². The van der Waals surface area contributed by atoms with E-state index in [0.717, 1.165) is 5.56 Å². The Labute approximate surface area is 115 Å². The lowest BCUT2D eigenvalue weighted by molar-refractivity contribution is -0.162. The lowest BCUT2D eigenvalue weighted by Crippen LogP contribution is -2.44. The minimum absolute atomic E-state index is 0.216. The number of halogens is 3. The number of ether oxygens (including phenoxy) is 1. The summed E-state index contributed by atoms with van der Waals surface area (Å²) >= 11 is 0. The predicted molar refractivity (Wildman–Crippen MR) is 69.0 cm³/mol. The molecule has 1 fully saturated rings. The Morgan fingerprint density at radius 2 is 1.85 bits per heavy atom. The van der Waals surface area contributed by atoms with E-state index in [1.54, 1.807) is 31.4 Å². The third kappa shape index (κ3) is 3.05. The molecule has 0 spiro atoms. The lowest BCUT2D eigenvalue weighted by atomic mass is 9.86. The van der Waals surface area contributed by atoms with Crippen molar-refractivity contribution in [2.45, 2.75) is 24.7 Å². The first-order valence-electron chi connectivity index (χ1n) is 6.39. The first-order chi connectivity index (χ1) is 9.47. The Bertz CT molecular complexity index is 435. The number of benzene rings is 1. The molecule has 2 rings (SSSR count). The fourth-order valence-electron chi connectivity index (χ4n) is 2.58. The molecule has 7 heteroatoms. The standard InChI is InChI=1S/C13H18F3N3O/c1-20-9-4-2-8(3-5-9)11-10(6-7-17)12(19-18-11)13(14,15)16/h2-5,10-12,18-19H,6-7,17H2,1H3. The highest BCUT2D eigenvalue weighted by atomic mass is 19.4. The summed E-state index contributed by atoms with van der Waals surface area (Å²) in [5, 5.41) is 0. The molecular formula is C13H18F3N3O. The third-order valence-corrected chi connectivity index (χ3v) is 3.58. The van der Waals surface area contributed by atoms with Crippen molar-refractivity contribution in [2.24, 2.45) is 11.7 Å². The van der Waals surface area contributed by atoms with Crippen LogP contribution in [0.25, 0.3) is 0 Å². The zero-order chi connectivity index (χ0) is 14.8. The minimum Gasteiger partial charge on any atom is -0.497 e. The Kier molecular flexibility index (Phi) is 4.52. The average molecular weight is 289 g/mol. The number of alkyl halides is 3. The van der Waals surface area contributed by atoms with Crippen LogP contribution in [0.5, 0.6) is 5.75 Å². The summed E-state index contributed by atoms with van der Waals surface area (Å²) in [6, 6.07) is 4.99. The molecule has 1 aliphatic heterocycles. The Hall–Kier alpha value is -1.31. The van der Waals surface area contributed by atoms with E-state index < -0.39 is 24.2 Å². The maximum Gasteiger partial charge on any atom is 0.405 e. The molecule has 112 valence electrons. The van der Waals surface area contributed by atoms with E-state index in [-0.39, 0.29) is 6.54 Å². The number of hydrogen-bond donors (Lipinski definition) is 3. The van der Waals surface area contributed by atoms with Crippen LogP contribution in [0.2, 0.25) is 0 Å². The number of rotatable bonds is 4. The van der Waals surface area contributed by atoms with E-state index in [9.17, 15) is 13.2 Å². The molecule has 3 unspecified atom stereocenters. The van der Waals surface area contributed by atoms with E-state index in [1.807, 2.05) is 0 Å². The summed E-state index contributed by atoms with van der Waals surface area (Å²) in [7, 11) is 1.54. The molecule has 0 amide bonds. The molecule has 1 aromatic carbocycles. The molecule has 1 heterocycles. The van der Waals surface area contributed by atoms with Gasteiger partial charge in [-0.1, -0.05) is 12.1 Å². The van der Waals surface area contributed by atoms with Crippen LogP contribution in [0.1, 0.15) is 18.0 Å². The Morgan fingerprint density at radius 1 is 1.20 bits per heavy atom. The predicted octanol–water partition coefficient (Wildman–Crippen LogP) is 1.74. The van der Waals surface area contributed by atoms with Gasteiger partial charge >= 0.3 is 6.18 Å². The molecule has 20 heavy (non-hydrogen) atoms. The van der Waals surface area contributed by atoms with Crippen molar-refractivity contribution in [2.75, 3.05) is 13.7 Å². The van der Waals surface area contributed by atoms with Crippen LogP contribution in [0.3, 0.4) is 0 Å². The van der Waals surface area contributed by atoms with Crippen molar-refractivity contribution in [3.05, 3.63) is 29.8 Å². The van der Waals surface area contributed by atoms with Gasteiger partial charge in [0, 0.05) is 5.92 Å². The molecule has 3 atom stereocenters. The van der Waals surface area contributed by atoms with Crippen molar-refractivity contribution in [1.29, 1.82) is 0 Å². The van der Waals surface area contributed by atoms with E-state index in [1.165, 1.54) is 0 Å². The second-order valence-electron chi connectivity index (χ2n) is 4.80. The first kappa shape index (κ1) is 15.1. The fraction of sp³-hybridized carbons (Fsp3) is 0.538. The van der Waals surface area contributed by atoms with Gasteiger partial charge in [-0.3, -0.25) is 0 Å². The second kappa shape index (κ2) is 5.99. The summed E-state index contributed by atoms with van der Waals surface area (Å²) in [4.78, 5) is 0. The van der Waals surface area contributed by atoms with Crippen molar-refractivity contribution in [3.8, 4) is 5.75 Å². The Balaban J connectivity index is 2.21. The summed E-state index contributed by atoms with van der Waals surface area (Å²) in [6.07, 6.45) is -4.01. The SMILES string of the molecule is COc1ccc(C2NNC(C(F)(F)F)C2CCN)cc1. The van der Waals surface area contributed by atoms with Gasteiger partial charge in [0.25, 0.3) is 0 Å².